The first-order valence-electron chi connectivity index (χ1n) is 9.55. The Morgan fingerprint density at radius 1 is 1.28 bits per heavy atom. The quantitative estimate of drug-likeness (QED) is 0.569. The van der Waals surface area contributed by atoms with E-state index >= 15 is 0 Å². The number of rotatable bonds is 6. The molecule has 0 unspecified atom stereocenters. The van der Waals surface area contributed by atoms with Gasteiger partial charge in [-0.3, -0.25) is 14.9 Å². The van der Waals surface area contributed by atoms with Crippen LogP contribution < -0.4 is 15.4 Å². The van der Waals surface area contributed by atoms with Gasteiger partial charge in [-0.15, -0.1) is 0 Å². The topological polar surface area (TPSA) is 111 Å². The standard InChI is InChI=1S/C20H27N5O4/c1-19(2)11-14(12-20(3,4)23-19)21-18(26)15-9-10-24(22-15)13-29-17-8-6-5-7-16(17)25(27)28/h5-10,14,23H,11-13H2,1-4H3,(H,21,26). The Morgan fingerprint density at radius 3 is 2.59 bits per heavy atom. The Hall–Kier alpha value is -2.94. The number of nitro groups is 1. The lowest BCUT2D eigenvalue weighted by atomic mass is 9.79. The molecule has 1 saturated heterocycles. The maximum atomic E-state index is 12.6. The predicted octanol–water partition coefficient (Wildman–Crippen LogP) is 2.87. The molecule has 2 aromatic rings. The molecule has 2 heterocycles. The fourth-order valence-electron chi connectivity index (χ4n) is 4.10. The summed E-state index contributed by atoms with van der Waals surface area (Å²) in [6.45, 7) is 8.47. The summed E-state index contributed by atoms with van der Waals surface area (Å²) in [6.07, 6.45) is 3.26. The second-order valence-corrected chi connectivity index (χ2v) is 8.71. The number of piperidine rings is 1. The molecule has 3 rings (SSSR count). The van der Waals surface area contributed by atoms with Gasteiger partial charge in [-0.25, -0.2) is 4.68 Å². The Bertz CT molecular complexity index is 890. The Morgan fingerprint density at radius 2 is 1.93 bits per heavy atom. The molecule has 1 aliphatic rings. The predicted molar refractivity (Wildman–Crippen MR) is 108 cm³/mol. The Kier molecular flexibility index (Phi) is 5.61. The number of ether oxygens (including phenoxy) is 1. The van der Waals surface area contributed by atoms with Gasteiger partial charge in [0.15, 0.2) is 12.5 Å². The second kappa shape index (κ2) is 7.82. The van der Waals surface area contributed by atoms with Gasteiger partial charge in [0.1, 0.15) is 5.69 Å². The summed E-state index contributed by atoms with van der Waals surface area (Å²) >= 11 is 0. The number of nitrogens with zero attached hydrogens (tertiary/aromatic N) is 3. The summed E-state index contributed by atoms with van der Waals surface area (Å²) in [5.74, 6) is -0.0916. The molecule has 1 fully saturated rings. The van der Waals surface area contributed by atoms with Crippen LogP contribution in [0.1, 0.15) is 51.0 Å². The smallest absolute Gasteiger partial charge is 0.311 e. The maximum Gasteiger partial charge on any atom is 0.311 e. The van der Waals surface area contributed by atoms with Crippen LogP contribution in [0.5, 0.6) is 5.75 Å². The average Bonchev–Trinajstić information content (AvgIpc) is 3.06. The molecule has 0 bridgehead atoms. The molecule has 0 radical (unpaired) electrons. The van der Waals surface area contributed by atoms with Gasteiger partial charge in [0.05, 0.1) is 4.92 Å². The SMILES string of the molecule is CC1(C)CC(NC(=O)c2ccn(COc3ccccc3[N+](=O)[O-])n2)CC(C)(C)N1. The van der Waals surface area contributed by atoms with Crippen molar-refractivity contribution in [3.05, 3.63) is 52.3 Å². The third kappa shape index (κ3) is 5.32. The van der Waals surface area contributed by atoms with Crippen molar-refractivity contribution in [2.24, 2.45) is 0 Å². The van der Waals surface area contributed by atoms with Crippen molar-refractivity contribution in [2.45, 2.75) is 64.4 Å². The molecule has 0 saturated carbocycles. The summed E-state index contributed by atoms with van der Waals surface area (Å²) in [5, 5.41) is 21.9. The first-order valence-corrected chi connectivity index (χ1v) is 9.55. The van der Waals surface area contributed by atoms with Crippen LogP contribution in [-0.4, -0.2) is 37.7 Å². The number of hydrogen-bond donors (Lipinski definition) is 2. The lowest BCUT2D eigenvalue weighted by Crippen LogP contribution is -2.62. The molecule has 1 aromatic heterocycles. The first kappa shape index (κ1) is 20.8. The van der Waals surface area contributed by atoms with Crippen LogP contribution in [0, 0.1) is 10.1 Å². The number of carbonyl (C=O) groups is 1. The molecule has 2 N–H and O–H groups in total. The van der Waals surface area contributed by atoms with Crippen LogP contribution in [0.2, 0.25) is 0 Å². The van der Waals surface area contributed by atoms with Gasteiger partial charge in [-0.1, -0.05) is 12.1 Å². The highest BCUT2D eigenvalue weighted by Crippen LogP contribution is 2.29. The highest BCUT2D eigenvalue weighted by atomic mass is 16.6. The van der Waals surface area contributed by atoms with Gasteiger partial charge >= 0.3 is 5.69 Å². The van der Waals surface area contributed by atoms with Crippen molar-refractivity contribution >= 4 is 11.6 Å². The van der Waals surface area contributed by atoms with E-state index in [1.54, 1.807) is 24.4 Å². The van der Waals surface area contributed by atoms with E-state index in [-0.39, 0.29) is 46.9 Å². The van der Waals surface area contributed by atoms with Crippen LogP contribution in [0.15, 0.2) is 36.5 Å². The molecule has 0 atom stereocenters. The van der Waals surface area contributed by atoms with Crippen molar-refractivity contribution in [1.82, 2.24) is 20.4 Å². The molecule has 1 amide bonds. The number of carbonyl (C=O) groups excluding carboxylic acids is 1. The summed E-state index contributed by atoms with van der Waals surface area (Å²) in [7, 11) is 0. The van der Waals surface area contributed by atoms with Crippen LogP contribution in [0.4, 0.5) is 5.69 Å². The molecule has 9 heteroatoms. The summed E-state index contributed by atoms with van der Waals surface area (Å²) in [5.41, 5.74) is 0.0216. The molecule has 1 aliphatic heterocycles. The van der Waals surface area contributed by atoms with Gasteiger partial charge in [0.25, 0.3) is 5.91 Å². The third-order valence-electron chi connectivity index (χ3n) is 4.81. The Balaban J connectivity index is 1.61. The number of nitro benzene ring substituents is 1. The molecule has 0 spiro atoms. The van der Waals surface area contributed by atoms with E-state index in [1.807, 2.05) is 0 Å². The lowest BCUT2D eigenvalue weighted by molar-refractivity contribution is -0.386. The molecular weight excluding hydrogens is 374 g/mol. The van der Waals surface area contributed by atoms with Crippen LogP contribution in [0.3, 0.4) is 0 Å². The minimum absolute atomic E-state index is 0.0362. The highest BCUT2D eigenvalue weighted by molar-refractivity contribution is 5.92. The zero-order chi connectivity index (χ0) is 21.2. The van der Waals surface area contributed by atoms with E-state index < -0.39 is 4.92 Å². The zero-order valence-corrected chi connectivity index (χ0v) is 17.1. The summed E-state index contributed by atoms with van der Waals surface area (Å²) in [6, 6.07) is 7.78. The molecule has 9 nitrogen and oxygen atoms in total. The minimum Gasteiger partial charge on any atom is -0.464 e. The number of amides is 1. The van der Waals surface area contributed by atoms with Crippen molar-refractivity contribution in [3.8, 4) is 5.75 Å². The number of hydrogen-bond acceptors (Lipinski definition) is 6. The van der Waals surface area contributed by atoms with Gasteiger partial charge < -0.3 is 15.4 Å². The second-order valence-electron chi connectivity index (χ2n) is 8.71. The van der Waals surface area contributed by atoms with Crippen molar-refractivity contribution in [1.29, 1.82) is 0 Å². The normalized spacial score (nSPS) is 18.2. The van der Waals surface area contributed by atoms with Crippen LogP contribution >= 0.6 is 0 Å². The van der Waals surface area contributed by atoms with E-state index in [2.05, 4.69) is 43.4 Å². The summed E-state index contributed by atoms with van der Waals surface area (Å²) in [4.78, 5) is 23.2. The van der Waals surface area contributed by atoms with Crippen molar-refractivity contribution < 1.29 is 14.5 Å². The average molecular weight is 401 g/mol. The van der Waals surface area contributed by atoms with Crippen LogP contribution in [-0.2, 0) is 6.73 Å². The van der Waals surface area contributed by atoms with Gasteiger partial charge in [-0.05, 0) is 52.7 Å². The first-order chi connectivity index (χ1) is 13.5. The van der Waals surface area contributed by atoms with E-state index in [0.717, 1.165) is 12.8 Å². The molecule has 29 heavy (non-hydrogen) atoms. The van der Waals surface area contributed by atoms with Gasteiger partial charge in [0, 0.05) is 29.4 Å². The number of para-hydroxylation sites is 2. The fourth-order valence-corrected chi connectivity index (χ4v) is 4.10. The number of aromatic nitrogens is 2. The fraction of sp³-hybridized carbons (Fsp3) is 0.500. The third-order valence-corrected chi connectivity index (χ3v) is 4.81. The zero-order valence-electron chi connectivity index (χ0n) is 17.1. The molecule has 1 aromatic carbocycles. The summed E-state index contributed by atoms with van der Waals surface area (Å²) < 4.78 is 6.93. The number of benzene rings is 1. The van der Waals surface area contributed by atoms with E-state index in [1.165, 1.54) is 16.8 Å². The molecule has 0 aliphatic carbocycles. The van der Waals surface area contributed by atoms with Gasteiger partial charge in [0.2, 0.25) is 0 Å². The maximum absolute atomic E-state index is 12.6. The van der Waals surface area contributed by atoms with Crippen molar-refractivity contribution in [3.63, 3.8) is 0 Å². The minimum atomic E-state index is -0.501. The molecular formula is C20H27N5O4. The van der Waals surface area contributed by atoms with E-state index in [9.17, 15) is 14.9 Å². The molecule has 156 valence electrons. The van der Waals surface area contributed by atoms with E-state index in [4.69, 9.17) is 4.74 Å². The Labute approximate surface area is 169 Å². The van der Waals surface area contributed by atoms with Crippen molar-refractivity contribution in [2.75, 3.05) is 0 Å². The van der Waals surface area contributed by atoms with Gasteiger partial charge in [-0.2, -0.15) is 5.10 Å². The van der Waals surface area contributed by atoms with Crippen LogP contribution in [0.25, 0.3) is 0 Å². The highest BCUT2D eigenvalue weighted by Gasteiger charge is 2.38. The largest absolute Gasteiger partial charge is 0.464 e. The number of nitrogens with one attached hydrogen (secondary N) is 2. The monoisotopic (exact) mass is 401 g/mol. The lowest BCUT2D eigenvalue weighted by Gasteiger charge is -2.46. The van der Waals surface area contributed by atoms with E-state index in [0.29, 0.717) is 0 Å².